The van der Waals surface area contributed by atoms with Gasteiger partial charge in [0.25, 0.3) is 17.4 Å². The van der Waals surface area contributed by atoms with Crippen molar-refractivity contribution in [3.8, 4) is 22.6 Å². The van der Waals surface area contributed by atoms with Crippen LogP contribution in [0.3, 0.4) is 0 Å². The molecule has 17 nitrogen and oxygen atoms in total. The Hall–Kier alpha value is -5.78. The normalized spacial score (nSPS) is 18.3. The van der Waals surface area contributed by atoms with Gasteiger partial charge in [-0.15, -0.1) is 0 Å². The Balaban J connectivity index is 0.889. The number of benzene rings is 2. The van der Waals surface area contributed by atoms with E-state index in [4.69, 9.17) is 14.2 Å². The Morgan fingerprint density at radius 2 is 1.59 bits per heavy atom. The van der Waals surface area contributed by atoms with Crippen LogP contribution in [0.2, 0.25) is 0 Å². The second-order valence-corrected chi connectivity index (χ2v) is 15.4. The summed E-state index contributed by atoms with van der Waals surface area (Å²) >= 11 is 0. The Morgan fingerprint density at radius 1 is 0.881 bits per heavy atom. The molecule has 1 unspecified atom stereocenters. The Bertz CT molecular complexity index is 2190. The quantitative estimate of drug-likeness (QED) is 0.188. The number of fused-ring (bicyclic) bond motifs is 2. The monoisotopic (exact) mass is 812 g/mol. The molecule has 1 atom stereocenters. The summed E-state index contributed by atoms with van der Waals surface area (Å²) < 4.78 is 19.4. The van der Waals surface area contributed by atoms with Crippen LogP contribution >= 0.6 is 0 Å². The minimum absolute atomic E-state index is 0.0800. The molecule has 2 N–H and O–H groups in total. The van der Waals surface area contributed by atoms with Crippen LogP contribution in [0, 0.1) is 0 Å². The number of urea groups is 1. The third-order valence-corrected chi connectivity index (χ3v) is 11.7. The molecule has 0 bridgehead atoms. The average Bonchev–Trinajstić information content (AvgIpc) is 3.49. The predicted molar refractivity (Wildman–Crippen MR) is 218 cm³/mol. The minimum Gasteiger partial charge on any atom is -0.496 e. The van der Waals surface area contributed by atoms with Gasteiger partial charge in [-0.3, -0.25) is 44.0 Å². The number of aryl methyl sites for hydroxylation is 1. The number of hydrogen-bond acceptors (Lipinski definition) is 12. The summed E-state index contributed by atoms with van der Waals surface area (Å²) in [5, 5.41) is 4.89. The maximum atomic E-state index is 13.3. The molecule has 314 valence electrons. The van der Waals surface area contributed by atoms with Crippen molar-refractivity contribution in [2.24, 2.45) is 7.05 Å². The lowest BCUT2D eigenvalue weighted by Gasteiger charge is -2.36. The van der Waals surface area contributed by atoms with Crippen LogP contribution in [0.25, 0.3) is 11.1 Å². The van der Waals surface area contributed by atoms with Gasteiger partial charge in [-0.1, -0.05) is 0 Å². The van der Waals surface area contributed by atoms with Crippen molar-refractivity contribution < 1.29 is 38.2 Å². The van der Waals surface area contributed by atoms with Gasteiger partial charge in [-0.2, -0.15) is 0 Å². The third kappa shape index (κ3) is 8.40. The van der Waals surface area contributed by atoms with Gasteiger partial charge in [0.2, 0.25) is 11.8 Å². The lowest BCUT2D eigenvalue weighted by atomic mass is 9.91. The number of aromatic nitrogens is 1. The predicted octanol–water partition coefficient (Wildman–Crippen LogP) is 1.44. The maximum Gasteiger partial charge on any atom is 0.317 e. The van der Waals surface area contributed by atoms with Crippen LogP contribution in [-0.2, 0) is 40.9 Å². The summed E-state index contributed by atoms with van der Waals surface area (Å²) in [5.41, 5.74) is 5.49. The van der Waals surface area contributed by atoms with E-state index in [1.54, 1.807) is 49.9 Å². The zero-order chi connectivity index (χ0) is 42.0. The first-order valence-electron chi connectivity index (χ1n) is 19.9. The van der Waals surface area contributed by atoms with E-state index in [0.29, 0.717) is 56.3 Å². The van der Waals surface area contributed by atoms with Gasteiger partial charge in [0.15, 0.2) is 0 Å². The van der Waals surface area contributed by atoms with Crippen LogP contribution < -0.4 is 30.6 Å². The number of nitrogens with zero attached hydrogens (tertiary/aromatic N) is 6. The van der Waals surface area contributed by atoms with E-state index in [0.717, 1.165) is 65.6 Å². The molecule has 5 heterocycles. The van der Waals surface area contributed by atoms with Crippen LogP contribution in [0.5, 0.6) is 11.5 Å². The van der Waals surface area contributed by atoms with Crippen LogP contribution in [-0.4, -0.2) is 147 Å². The molecule has 2 saturated heterocycles. The van der Waals surface area contributed by atoms with Crippen molar-refractivity contribution in [2.45, 2.75) is 38.4 Å². The van der Waals surface area contributed by atoms with Gasteiger partial charge < -0.3 is 33.9 Å². The Labute approximate surface area is 342 Å². The summed E-state index contributed by atoms with van der Waals surface area (Å²) in [6, 6.07) is 8.00. The number of carbonyl (C=O) groups is 5. The highest BCUT2D eigenvalue weighted by molar-refractivity contribution is 6.23. The van der Waals surface area contributed by atoms with Gasteiger partial charge in [0.05, 0.1) is 50.7 Å². The van der Waals surface area contributed by atoms with E-state index in [1.165, 1.54) is 0 Å². The third-order valence-electron chi connectivity index (χ3n) is 11.7. The number of pyridine rings is 1. The number of piperazine rings is 1. The molecule has 3 aromatic rings. The Morgan fingerprint density at radius 3 is 2.27 bits per heavy atom. The molecule has 4 aliphatic heterocycles. The summed E-state index contributed by atoms with van der Waals surface area (Å²) in [7, 11) is 8.60. The standard InChI is InChI=1S/C42H52N8O9/c1-43-42(56)49-11-10-28-31(24-46(3)39(53)32(28)25-49)26-20-35(57-4)33(36(21-26)58-5)23-45(2)16-18-59-19-17-47-12-14-48(15-13-47)27-6-7-29-30(22-27)41(55)50(40(29)54)34-8-9-37(51)44-38(34)52/h6-7,20-22,24,34H,8-19,23,25H2,1-5H3,(H,43,56)(H,44,51,52). The molecule has 0 aliphatic carbocycles. The highest BCUT2D eigenvalue weighted by Crippen LogP contribution is 2.38. The lowest BCUT2D eigenvalue weighted by Crippen LogP contribution is -2.54. The lowest BCUT2D eigenvalue weighted by molar-refractivity contribution is -0.136. The molecular weight excluding hydrogens is 761 g/mol. The number of piperidine rings is 1. The number of hydrogen-bond donors (Lipinski definition) is 2. The number of imide groups is 2. The largest absolute Gasteiger partial charge is 0.496 e. The van der Waals surface area contributed by atoms with E-state index in [-0.39, 0.29) is 42.1 Å². The van der Waals surface area contributed by atoms with Crippen molar-refractivity contribution in [1.82, 2.24) is 34.8 Å². The van der Waals surface area contributed by atoms with Crippen molar-refractivity contribution in [2.75, 3.05) is 92.2 Å². The van der Waals surface area contributed by atoms with Gasteiger partial charge in [-0.05, 0) is 61.3 Å². The fourth-order valence-corrected chi connectivity index (χ4v) is 8.43. The maximum absolute atomic E-state index is 13.3. The first-order chi connectivity index (χ1) is 28.4. The number of ether oxygens (including phenoxy) is 3. The van der Waals surface area contributed by atoms with Gasteiger partial charge in [-0.25, -0.2) is 4.79 Å². The molecule has 1 aromatic heterocycles. The molecule has 17 heteroatoms. The summed E-state index contributed by atoms with van der Waals surface area (Å²) in [4.78, 5) is 85.2. The molecule has 7 rings (SSSR count). The van der Waals surface area contributed by atoms with Crippen LogP contribution in [0.15, 0.2) is 41.3 Å². The number of methoxy groups -OCH3 is 2. The van der Waals surface area contributed by atoms with E-state index < -0.39 is 29.7 Å². The number of nitrogens with one attached hydrogen (secondary N) is 2. The Kier molecular flexibility index (Phi) is 12.3. The van der Waals surface area contributed by atoms with Crippen molar-refractivity contribution in [3.63, 3.8) is 0 Å². The molecule has 0 saturated carbocycles. The zero-order valence-corrected chi connectivity index (χ0v) is 34.3. The minimum atomic E-state index is -0.988. The summed E-state index contributed by atoms with van der Waals surface area (Å²) in [5.74, 6) is -0.692. The summed E-state index contributed by atoms with van der Waals surface area (Å²) in [6.07, 6.45) is 2.60. The zero-order valence-electron chi connectivity index (χ0n) is 34.3. The number of anilines is 1. The highest BCUT2D eigenvalue weighted by atomic mass is 16.5. The summed E-state index contributed by atoms with van der Waals surface area (Å²) in [6.45, 7) is 6.97. The first-order valence-corrected chi connectivity index (χ1v) is 19.9. The fraction of sp³-hybridized carbons (Fsp3) is 0.476. The van der Waals surface area contributed by atoms with E-state index >= 15 is 0 Å². The van der Waals surface area contributed by atoms with Gasteiger partial charge in [0.1, 0.15) is 17.5 Å². The average molecular weight is 813 g/mol. The second kappa shape index (κ2) is 17.6. The van der Waals surface area contributed by atoms with E-state index in [9.17, 15) is 28.8 Å². The van der Waals surface area contributed by atoms with Crippen molar-refractivity contribution in [3.05, 3.63) is 74.7 Å². The molecule has 59 heavy (non-hydrogen) atoms. The molecule has 0 radical (unpaired) electrons. The van der Waals surface area contributed by atoms with Gasteiger partial charge >= 0.3 is 6.03 Å². The van der Waals surface area contributed by atoms with Crippen LogP contribution in [0.1, 0.15) is 50.2 Å². The smallest absolute Gasteiger partial charge is 0.317 e. The number of rotatable bonds is 13. The van der Waals surface area contributed by atoms with Crippen molar-refractivity contribution in [1.29, 1.82) is 0 Å². The fourth-order valence-electron chi connectivity index (χ4n) is 8.43. The second-order valence-electron chi connectivity index (χ2n) is 15.4. The van der Waals surface area contributed by atoms with Gasteiger partial charge in [0, 0.05) is 95.9 Å². The number of likely N-dealkylation sites (N-methyl/N-ethyl adjacent to an activating group) is 1. The topological polar surface area (TPSA) is 175 Å². The molecular formula is C42H52N8O9. The number of carbonyl (C=O) groups excluding carboxylic acids is 5. The first kappa shape index (κ1) is 41.4. The molecule has 2 fully saturated rings. The van der Waals surface area contributed by atoms with Crippen LogP contribution in [0.4, 0.5) is 10.5 Å². The number of amides is 6. The molecule has 4 aliphatic rings. The molecule has 6 amide bonds. The van der Waals surface area contributed by atoms with Crippen molar-refractivity contribution >= 4 is 35.3 Å². The molecule has 0 spiro atoms. The SMILES string of the molecule is CNC(=O)N1CCc2c(-c3cc(OC)c(CN(C)CCOCCN4CCN(c5ccc6c(c5)C(=O)N(C5CCC(=O)NC5=O)C6=O)CC4)c(OC)c3)cn(C)c(=O)c2C1. The highest BCUT2D eigenvalue weighted by Gasteiger charge is 2.45. The molecule has 2 aromatic carbocycles. The van der Waals surface area contributed by atoms with E-state index in [1.807, 2.05) is 31.4 Å². The van der Waals surface area contributed by atoms with E-state index in [2.05, 4.69) is 25.3 Å².